The summed E-state index contributed by atoms with van der Waals surface area (Å²) in [5.74, 6) is -1.16. The van der Waals surface area contributed by atoms with E-state index in [4.69, 9.17) is 5.11 Å². The highest BCUT2D eigenvalue weighted by Gasteiger charge is 2.47. The molecule has 1 unspecified atom stereocenters. The number of carbonyl (C=O) groups is 2. The highest BCUT2D eigenvalue weighted by molar-refractivity contribution is 9.14. The van der Waals surface area contributed by atoms with E-state index in [1.54, 1.807) is 0 Å². The monoisotopic (exact) mass is 249 g/mol. The molecule has 0 spiro atoms. The second-order valence-corrected chi connectivity index (χ2v) is 4.97. The molecule has 2 aliphatic rings. The Morgan fingerprint density at radius 1 is 1.75 bits per heavy atom. The Balaban J connectivity index is 2.34. The number of β-lactam (4-membered cyclic amide) rings is 1. The van der Waals surface area contributed by atoms with Crippen LogP contribution in [0.3, 0.4) is 0 Å². The quantitative estimate of drug-likeness (QED) is 0.703. The van der Waals surface area contributed by atoms with Crippen LogP contribution in [0.2, 0.25) is 0 Å². The van der Waals surface area contributed by atoms with Crippen LogP contribution in [0.4, 0.5) is 0 Å². The lowest BCUT2D eigenvalue weighted by Gasteiger charge is -2.33. The van der Waals surface area contributed by atoms with Crippen LogP contribution in [0.25, 0.3) is 0 Å². The highest BCUT2D eigenvalue weighted by atomic mass is 79.9. The topological polar surface area (TPSA) is 57.6 Å². The van der Waals surface area contributed by atoms with Crippen molar-refractivity contribution >= 4 is 39.6 Å². The van der Waals surface area contributed by atoms with E-state index in [2.05, 4.69) is 15.9 Å². The van der Waals surface area contributed by atoms with Crippen molar-refractivity contribution in [2.75, 3.05) is 0 Å². The number of hydrogen-bond acceptors (Lipinski definition) is 3. The standard InChI is InChI=1S/C6H4BrNO3S/c7-5-4(6(10)11)8-2(9)1-3(8)12-5/h3H,1H2,(H,10,11). The Kier molecular flexibility index (Phi) is 1.69. The Morgan fingerprint density at radius 3 is 2.83 bits per heavy atom. The maximum Gasteiger partial charge on any atom is 0.354 e. The van der Waals surface area contributed by atoms with E-state index in [0.29, 0.717) is 10.2 Å². The molecule has 12 heavy (non-hydrogen) atoms. The molecule has 1 atom stereocenters. The predicted octanol–water partition coefficient (Wildman–Crippen LogP) is 0.940. The molecule has 1 saturated heterocycles. The second kappa shape index (κ2) is 2.50. The first-order valence-corrected chi connectivity index (χ1v) is 4.90. The minimum atomic E-state index is -1.05. The van der Waals surface area contributed by atoms with Crippen molar-refractivity contribution < 1.29 is 14.7 Å². The van der Waals surface area contributed by atoms with E-state index in [-0.39, 0.29) is 17.0 Å². The van der Waals surface area contributed by atoms with Gasteiger partial charge in [0.1, 0.15) is 0 Å². The fourth-order valence-electron chi connectivity index (χ4n) is 1.21. The number of thioether (sulfide) groups is 1. The van der Waals surface area contributed by atoms with Crippen molar-refractivity contribution in [2.24, 2.45) is 0 Å². The molecule has 0 saturated carbocycles. The van der Waals surface area contributed by atoms with Gasteiger partial charge in [0.15, 0.2) is 5.70 Å². The Morgan fingerprint density at radius 2 is 2.42 bits per heavy atom. The van der Waals surface area contributed by atoms with Crippen LogP contribution in [0, 0.1) is 0 Å². The van der Waals surface area contributed by atoms with E-state index in [9.17, 15) is 9.59 Å². The molecule has 1 fully saturated rings. The van der Waals surface area contributed by atoms with Gasteiger partial charge < -0.3 is 5.11 Å². The van der Waals surface area contributed by atoms with Gasteiger partial charge in [0.25, 0.3) is 0 Å². The van der Waals surface area contributed by atoms with Crippen LogP contribution in [0.5, 0.6) is 0 Å². The molecule has 4 nitrogen and oxygen atoms in total. The molecule has 0 aromatic rings. The van der Waals surface area contributed by atoms with Crippen molar-refractivity contribution in [2.45, 2.75) is 11.8 Å². The van der Waals surface area contributed by atoms with Crippen molar-refractivity contribution in [3.63, 3.8) is 0 Å². The third kappa shape index (κ3) is 0.910. The van der Waals surface area contributed by atoms with E-state index in [1.807, 2.05) is 0 Å². The van der Waals surface area contributed by atoms with Crippen molar-refractivity contribution in [1.29, 1.82) is 0 Å². The van der Waals surface area contributed by atoms with Gasteiger partial charge >= 0.3 is 5.97 Å². The average molecular weight is 250 g/mol. The molecule has 1 amide bonds. The molecular weight excluding hydrogens is 246 g/mol. The molecule has 0 aliphatic carbocycles. The van der Waals surface area contributed by atoms with Gasteiger partial charge in [-0.2, -0.15) is 0 Å². The van der Waals surface area contributed by atoms with E-state index >= 15 is 0 Å². The molecule has 0 aromatic carbocycles. The molecule has 0 radical (unpaired) electrons. The molecule has 2 rings (SSSR count). The number of carboxylic acid groups (broad SMARTS) is 1. The summed E-state index contributed by atoms with van der Waals surface area (Å²) in [5.41, 5.74) is 0.0845. The van der Waals surface area contributed by atoms with Crippen LogP contribution in [-0.4, -0.2) is 27.3 Å². The van der Waals surface area contributed by atoms with Gasteiger partial charge in [-0.3, -0.25) is 9.69 Å². The van der Waals surface area contributed by atoms with Gasteiger partial charge in [-0.05, 0) is 15.9 Å². The summed E-state index contributed by atoms with van der Waals surface area (Å²) in [4.78, 5) is 22.9. The van der Waals surface area contributed by atoms with E-state index < -0.39 is 5.97 Å². The Hall–Kier alpha value is -0.490. The first-order chi connectivity index (χ1) is 5.61. The van der Waals surface area contributed by atoms with Crippen LogP contribution in [-0.2, 0) is 9.59 Å². The number of amides is 1. The van der Waals surface area contributed by atoms with Crippen LogP contribution >= 0.6 is 27.7 Å². The molecular formula is C6H4BrNO3S. The van der Waals surface area contributed by atoms with Gasteiger partial charge in [-0.1, -0.05) is 11.8 Å². The maximum atomic E-state index is 11.0. The summed E-state index contributed by atoms with van der Waals surface area (Å²) in [6, 6.07) is 0. The average Bonchev–Trinajstić information content (AvgIpc) is 2.22. The van der Waals surface area contributed by atoms with Crippen LogP contribution in [0.1, 0.15) is 6.42 Å². The number of nitrogens with zero attached hydrogens (tertiary/aromatic N) is 1. The molecule has 2 heterocycles. The molecule has 6 heteroatoms. The lowest BCUT2D eigenvalue weighted by molar-refractivity contribution is -0.145. The fraction of sp³-hybridized carbons (Fsp3) is 0.333. The lowest BCUT2D eigenvalue weighted by Crippen LogP contribution is -2.48. The number of rotatable bonds is 1. The molecule has 2 aliphatic heterocycles. The summed E-state index contributed by atoms with van der Waals surface area (Å²) in [7, 11) is 0. The lowest BCUT2D eigenvalue weighted by atomic mass is 10.2. The smallest absolute Gasteiger partial charge is 0.354 e. The third-order valence-corrected chi connectivity index (χ3v) is 3.76. The normalized spacial score (nSPS) is 27.2. The van der Waals surface area contributed by atoms with Crippen LogP contribution < -0.4 is 0 Å². The van der Waals surface area contributed by atoms with E-state index in [1.165, 1.54) is 16.7 Å². The number of carbonyl (C=O) groups excluding carboxylic acids is 1. The van der Waals surface area contributed by atoms with Crippen molar-refractivity contribution in [1.82, 2.24) is 4.90 Å². The zero-order valence-electron chi connectivity index (χ0n) is 5.78. The highest BCUT2D eigenvalue weighted by Crippen LogP contribution is 2.48. The number of halogens is 1. The maximum absolute atomic E-state index is 11.0. The van der Waals surface area contributed by atoms with Gasteiger partial charge in [0.05, 0.1) is 15.6 Å². The first kappa shape index (κ1) is 8.12. The number of aliphatic carboxylic acids is 1. The van der Waals surface area contributed by atoms with Gasteiger partial charge in [-0.25, -0.2) is 4.79 Å². The first-order valence-electron chi connectivity index (χ1n) is 3.23. The third-order valence-electron chi connectivity index (χ3n) is 1.78. The number of hydrogen-bond donors (Lipinski definition) is 1. The minimum Gasteiger partial charge on any atom is -0.477 e. The molecule has 1 N–H and O–H groups in total. The molecule has 0 aromatic heterocycles. The fourth-order valence-corrected chi connectivity index (χ4v) is 3.31. The minimum absolute atomic E-state index is 0.0120. The predicted molar refractivity (Wildman–Crippen MR) is 46.4 cm³/mol. The molecule has 0 bridgehead atoms. The van der Waals surface area contributed by atoms with Gasteiger partial charge in [0.2, 0.25) is 5.91 Å². The zero-order valence-corrected chi connectivity index (χ0v) is 8.18. The van der Waals surface area contributed by atoms with Crippen LogP contribution in [0.15, 0.2) is 9.51 Å². The zero-order chi connectivity index (χ0) is 8.88. The number of carboxylic acids is 1. The summed E-state index contributed by atoms with van der Waals surface area (Å²) < 4.78 is 0.547. The second-order valence-electron chi connectivity index (χ2n) is 2.47. The van der Waals surface area contributed by atoms with Crippen molar-refractivity contribution in [3.8, 4) is 0 Å². The largest absolute Gasteiger partial charge is 0.477 e. The van der Waals surface area contributed by atoms with Crippen molar-refractivity contribution in [3.05, 3.63) is 9.51 Å². The SMILES string of the molecule is O=C(O)C1=C(Br)SC2CC(=O)N12. The van der Waals surface area contributed by atoms with Gasteiger partial charge in [0, 0.05) is 0 Å². The molecule has 64 valence electrons. The summed E-state index contributed by atoms with van der Waals surface area (Å²) in [6.07, 6.45) is 0.441. The summed E-state index contributed by atoms with van der Waals surface area (Å²) in [6.45, 7) is 0. The Labute approximate surface area is 80.7 Å². The van der Waals surface area contributed by atoms with Gasteiger partial charge in [-0.15, -0.1) is 0 Å². The number of fused-ring (bicyclic) bond motifs is 1. The summed E-state index contributed by atoms with van der Waals surface area (Å²) in [5, 5.41) is 8.74. The van der Waals surface area contributed by atoms with E-state index in [0.717, 1.165) is 0 Å². The summed E-state index contributed by atoms with van der Waals surface area (Å²) >= 11 is 4.50. The Bertz CT molecular complexity index is 314.